The van der Waals surface area contributed by atoms with Crippen molar-refractivity contribution in [3.8, 4) is 12.1 Å². The monoisotopic (exact) mass is 412 g/mol. The van der Waals surface area contributed by atoms with Gasteiger partial charge in [0.05, 0.1) is 23.4 Å². The number of anilines is 1. The van der Waals surface area contributed by atoms with Gasteiger partial charge in [-0.15, -0.1) is 0 Å². The van der Waals surface area contributed by atoms with E-state index in [9.17, 15) is 9.18 Å². The van der Waals surface area contributed by atoms with Gasteiger partial charge in [-0.2, -0.15) is 10.5 Å². The summed E-state index contributed by atoms with van der Waals surface area (Å²) in [6.45, 7) is 4.65. The van der Waals surface area contributed by atoms with Crippen LogP contribution in [0.5, 0.6) is 0 Å². The Bertz CT molecular complexity index is 824. The van der Waals surface area contributed by atoms with Gasteiger partial charge < -0.3 is 15.5 Å². The zero-order chi connectivity index (χ0) is 21.5. The van der Waals surface area contributed by atoms with Gasteiger partial charge in [0, 0.05) is 32.7 Å². The summed E-state index contributed by atoms with van der Waals surface area (Å²) in [5, 5.41) is 18.1. The van der Waals surface area contributed by atoms with Gasteiger partial charge in [-0.05, 0) is 44.4 Å². The normalized spacial score (nSPS) is 20.6. The number of benzene rings is 1. The van der Waals surface area contributed by atoms with E-state index in [-0.39, 0.29) is 17.5 Å². The van der Waals surface area contributed by atoms with Gasteiger partial charge in [-0.3, -0.25) is 9.69 Å². The van der Waals surface area contributed by atoms with Crippen molar-refractivity contribution in [1.29, 1.82) is 10.5 Å². The highest BCUT2D eigenvalue weighted by Gasteiger charge is 2.31. The van der Waals surface area contributed by atoms with Gasteiger partial charge in [-0.25, -0.2) is 4.39 Å². The van der Waals surface area contributed by atoms with Gasteiger partial charge in [0.1, 0.15) is 12.1 Å². The Kier molecular flexibility index (Phi) is 7.62. The molecular formula is C22H29FN6O. The predicted molar refractivity (Wildman–Crippen MR) is 112 cm³/mol. The number of halogens is 1. The van der Waals surface area contributed by atoms with Crippen LogP contribution >= 0.6 is 0 Å². The van der Waals surface area contributed by atoms with E-state index in [0.29, 0.717) is 31.7 Å². The molecule has 0 aromatic heterocycles. The van der Waals surface area contributed by atoms with Crippen LogP contribution in [0.4, 0.5) is 10.1 Å². The third-order valence-electron chi connectivity index (χ3n) is 6.05. The first kappa shape index (κ1) is 22.0. The van der Waals surface area contributed by atoms with Crippen LogP contribution in [0.15, 0.2) is 18.2 Å². The molecule has 0 bridgehead atoms. The molecule has 3 rings (SSSR count). The van der Waals surface area contributed by atoms with Gasteiger partial charge in [0.25, 0.3) is 0 Å². The lowest BCUT2D eigenvalue weighted by atomic mass is 10.1. The molecule has 0 saturated carbocycles. The lowest BCUT2D eigenvalue weighted by Gasteiger charge is -2.36. The highest BCUT2D eigenvalue weighted by Crippen LogP contribution is 2.23. The second-order valence-corrected chi connectivity index (χ2v) is 8.00. The van der Waals surface area contributed by atoms with Crippen LogP contribution in [-0.4, -0.2) is 67.1 Å². The van der Waals surface area contributed by atoms with Crippen LogP contribution in [0.1, 0.15) is 37.7 Å². The highest BCUT2D eigenvalue weighted by molar-refractivity contribution is 5.82. The Morgan fingerprint density at radius 1 is 1.20 bits per heavy atom. The molecule has 0 aliphatic carbocycles. The molecule has 30 heavy (non-hydrogen) atoms. The number of nitrogens with two attached hydrogens (primary N) is 1. The number of likely N-dealkylation sites (tertiary alicyclic amines) is 1. The summed E-state index contributed by atoms with van der Waals surface area (Å²) in [6, 6.07) is 8.16. The van der Waals surface area contributed by atoms with E-state index in [0.717, 1.165) is 45.3 Å². The van der Waals surface area contributed by atoms with Crippen molar-refractivity contribution in [2.75, 3.05) is 44.2 Å². The second kappa shape index (κ2) is 10.4. The zero-order valence-electron chi connectivity index (χ0n) is 17.3. The van der Waals surface area contributed by atoms with E-state index in [1.807, 2.05) is 11.0 Å². The first-order chi connectivity index (χ1) is 14.5. The molecule has 0 unspecified atom stereocenters. The Balaban J connectivity index is 1.37. The van der Waals surface area contributed by atoms with Crippen LogP contribution in [0.3, 0.4) is 0 Å². The molecule has 2 heterocycles. The van der Waals surface area contributed by atoms with Crippen molar-refractivity contribution < 1.29 is 9.18 Å². The fourth-order valence-corrected chi connectivity index (χ4v) is 4.26. The van der Waals surface area contributed by atoms with Gasteiger partial charge >= 0.3 is 0 Å². The Labute approximate surface area is 177 Å². The third-order valence-corrected chi connectivity index (χ3v) is 6.05. The molecule has 7 nitrogen and oxygen atoms in total. The average Bonchev–Trinajstić information content (AvgIpc) is 3.25. The first-order valence-electron chi connectivity index (χ1n) is 10.7. The SMILES string of the molecule is N#Cc1cccc(N2CCN(CCCC[C@H](N)C(=O)N3CCC[C@H]3C#N)CC2)c1F. The summed E-state index contributed by atoms with van der Waals surface area (Å²) < 4.78 is 14.4. The van der Waals surface area contributed by atoms with E-state index >= 15 is 0 Å². The van der Waals surface area contributed by atoms with E-state index in [2.05, 4.69) is 11.0 Å². The van der Waals surface area contributed by atoms with Crippen molar-refractivity contribution in [3.05, 3.63) is 29.6 Å². The smallest absolute Gasteiger partial charge is 0.240 e. The molecule has 2 aliphatic heterocycles. The minimum absolute atomic E-state index is 0.0795. The molecule has 8 heteroatoms. The Hall–Kier alpha value is -2.68. The molecule has 1 amide bonds. The van der Waals surface area contributed by atoms with Crippen LogP contribution in [0.2, 0.25) is 0 Å². The summed E-state index contributed by atoms with van der Waals surface area (Å²) in [5.41, 5.74) is 6.65. The molecule has 1 aromatic carbocycles. The van der Waals surface area contributed by atoms with E-state index in [1.165, 1.54) is 6.07 Å². The first-order valence-corrected chi connectivity index (χ1v) is 10.7. The summed E-state index contributed by atoms with van der Waals surface area (Å²) >= 11 is 0. The Morgan fingerprint density at radius 3 is 2.67 bits per heavy atom. The number of nitrogens with zero attached hydrogens (tertiary/aromatic N) is 5. The average molecular weight is 413 g/mol. The van der Waals surface area contributed by atoms with E-state index in [1.54, 1.807) is 17.0 Å². The number of amides is 1. The maximum absolute atomic E-state index is 14.4. The van der Waals surface area contributed by atoms with Crippen LogP contribution in [-0.2, 0) is 4.79 Å². The predicted octanol–water partition coefficient (Wildman–Crippen LogP) is 1.83. The number of carbonyl (C=O) groups is 1. The number of nitriles is 2. The number of carbonyl (C=O) groups excluding carboxylic acids is 1. The van der Waals surface area contributed by atoms with Crippen LogP contribution in [0, 0.1) is 28.5 Å². The molecule has 1 aromatic rings. The van der Waals surface area contributed by atoms with Gasteiger partial charge in [-0.1, -0.05) is 12.5 Å². The lowest BCUT2D eigenvalue weighted by molar-refractivity contribution is -0.132. The molecule has 0 radical (unpaired) electrons. The third kappa shape index (κ3) is 5.08. The van der Waals surface area contributed by atoms with Crippen molar-refractivity contribution >= 4 is 11.6 Å². The minimum atomic E-state index is -0.536. The van der Waals surface area contributed by atoms with Gasteiger partial charge in [0.15, 0.2) is 5.82 Å². The van der Waals surface area contributed by atoms with Crippen molar-refractivity contribution in [2.45, 2.75) is 44.2 Å². The molecule has 2 fully saturated rings. The zero-order valence-corrected chi connectivity index (χ0v) is 17.3. The molecule has 2 N–H and O–H groups in total. The number of piperazine rings is 1. The topological polar surface area (TPSA) is 100 Å². The fraction of sp³-hybridized carbons (Fsp3) is 0.591. The van der Waals surface area contributed by atoms with Crippen molar-refractivity contribution in [1.82, 2.24) is 9.80 Å². The molecule has 2 atom stereocenters. The van der Waals surface area contributed by atoms with E-state index < -0.39 is 11.9 Å². The molecular weight excluding hydrogens is 383 g/mol. The quantitative estimate of drug-likeness (QED) is 0.686. The molecule has 2 saturated heterocycles. The number of hydrogen-bond donors (Lipinski definition) is 1. The Morgan fingerprint density at radius 2 is 1.97 bits per heavy atom. The number of rotatable bonds is 7. The second-order valence-electron chi connectivity index (χ2n) is 8.00. The summed E-state index contributed by atoms with van der Waals surface area (Å²) in [7, 11) is 0. The van der Waals surface area contributed by atoms with Crippen LogP contribution < -0.4 is 10.6 Å². The summed E-state index contributed by atoms with van der Waals surface area (Å²) in [5.74, 6) is -0.543. The van der Waals surface area contributed by atoms with Crippen LogP contribution in [0.25, 0.3) is 0 Å². The molecule has 160 valence electrons. The molecule has 0 spiro atoms. The van der Waals surface area contributed by atoms with Crippen molar-refractivity contribution in [2.24, 2.45) is 5.73 Å². The maximum Gasteiger partial charge on any atom is 0.240 e. The lowest BCUT2D eigenvalue weighted by Crippen LogP contribution is -2.47. The highest BCUT2D eigenvalue weighted by atomic mass is 19.1. The van der Waals surface area contributed by atoms with Crippen molar-refractivity contribution in [3.63, 3.8) is 0 Å². The number of unbranched alkanes of at least 4 members (excludes halogenated alkanes) is 1. The summed E-state index contributed by atoms with van der Waals surface area (Å²) in [6.07, 6.45) is 4.04. The fourth-order valence-electron chi connectivity index (χ4n) is 4.26. The minimum Gasteiger partial charge on any atom is -0.367 e. The standard InChI is InChI=1S/C22H29FN6O/c23-21-17(15-24)5-3-8-20(21)28-13-11-27(12-14-28)9-2-1-7-19(26)22(30)29-10-4-6-18(29)16-25/h3,5,8,18-19H,1-2,4,6-7,9-14,26H2/t18-,19-/m0/s1. The molecule has 2 aliphatic rings. The maximum atomic E-state index is 14.4. The summed E-state index contributed by atoms with van der Waals surface area (Å²) in [4.78, 5) is 18.4. The number of hydrogen-bond acceptors (Lipinski definition) is 6. The largest absolute Gasteiger partial charge is 0.367 e. The van der Waals surface area contributed by atoms with Gasteiger partial charge in [0.2, 0.25) is 5.91 Å². The van der Waals surface area contributed by atoms with E-state index in [4.69, 9.17) is 16.3 Å².